The molecule has 0 aliphatic heterocycles. The Morgan fingerprint density at radius 1 is 1.17 bits per heavy atom. The van der Waals surface area contributed by atoms with Crippen LogP contribution in [0.25, 0.3) is 5.69 Å². The molecule has 0 spiro atoms. The highest BCUT2D eigenvalue weighted by atomic mass is 19.4. The lowest BCUT2D eigenvalue weighted by Gasteiger charge is -2.15. The molecule has 2 N–H and O–H groups in total. The number of nitrogens with one attached hydrogen (secondary N) is 1. The van der Waals surface area contributed by atoms with E-state index < -0.39 is 11.9 Å². The van der Waals surface area contributed by atoms with E-state index in [1.807, 2.05) is 12.1 Å². The predicted octanol–water partition coefficient (Wildman–Crippen LogP) is 3.14. The maximum atomic E-state index is 12.6. The Labute approximate surface area is 138 Å². The molecule has 1 heterocycles. The zero-order valence-electron chi connectivity index (χ0n) is 13.1. The third-order valence-electron chi connectivity index (χ3n) is 4.44. The van der Waals surface area contributed by atoms with Crippen molar-refractivity contribution in [1.82, 2.24) is 15.1 Å². The smallest absolute Gasteiger partial charge is 0.393 e. The number of alkyl halides is 3. The van der Waals surface area contributed by atoms with Crippen LogP contribution in [0.2, 0.25) is 0 Å². The second-order valence-corrected chi connectivity index (χ2v) is 6.20. The van der Waals surface area contributed by atoms with Crippen molar-refractivity contribution in [3.8, 4) is 5.69 Å². The summed E-state index contributed by atoms with van der Waals surface area (Å²) < 4.78 is 38.9. The minimum atomic E-state index is -4.43. The molecular weight excluding hydrogens is 319 g/mol. The van der Waals surface area contributed by atoms with E-state index in [4.69, 9.17) is 0 Å². The van der Waals surface area contributed by atoms with Gasteiger partial charge >= 0.3 is 6.18 Å². The fourth-order valence-corrected chi connectivity index (χ4v) is 3.04. The summed E-state index contributed by atoms with van der Waals surface area (Å²) in [6, 6.07) is 8.18. The van der Waals surface area contributed by atoms with Crippen molar-refractivity contribution in [2.45, 2.75) is 38.1 Å². The van der Waals surface area contributed by atoms with E-state index >= 15 is 0 Å². The first-order valence-corrected chi connectivity index (χ1v) is 8.04. The molecule has 2 atom stereocenters. The number of aromatic nitrogens is 2. The zero-order valence-corrected chi connectivity index (χ0v) is 13.1. The first-order chi connectivity index (χ1) is 11.4. The number of rotatable bonds is 5. The molecule has 1 saturated carbocycles. The van der Waals surface area contributed by atoms with Crippen LogP contribution in [0, 0.1) is 5.92 Å². The van der Waals surface area contributed by atoms with E-state index in [-0.39, 0.29) is 6.10 Å². The number of aliphatic hydroxyl groups is 1. The summed E-state index contributed by atoms with van der Waals surface area (Å²) in [5.41, 5.74) is 0.721. The third-order valence-corrected chi connectivity index (χ3v) is 4.44. The van der Waals surface area contributed by atoms with Crippen molar-refractivity contribution in [1.29, 1.82) is 0 Å². The standard InChI is InChI=1S/C17H20F3N3O/c18-17(19,20)16-8-9-23(22-16)14-6-4-12(5-7-14)10-21-11-13-2-1-3-15(13)24/h4-9,13,15,21,24H,1-3,10-11H2. The maximum Gasteiger partial charge on any atom is 0.435 e. The van der Waals surface area contributed by atoms with E-state index in [1.54, 1.807) is 12.1 Å². The summed E-state index contributed by atoms with van der Waals surface area (Å²) >= 11 is 0. The fourth-order valence-electron chi connectivity index (χ4n) is 3.04. The molecule has 2 unspecified atom stereocenters. The predicted molar refractivity (Wildman–Crippen MR) is 83.6 cm³/mol. The Morgan fingerprint density at radius 3 is 2.50 bits per heavy atom. The molecule has 1 aromatic carbocycles. The third kappa shape index (κ3) is 3.96. The van der Waals surface area contributed by atoms with Crippen LogP contribution in [-0.4, -0.2) is 27.5 Å². The van der Waals surface area contributed by atoms with E-state index in [1.165, 1.54) is 10.9 Å². The van der Waals surface area contributed by atoms with Gasteiger partial charge in [0, 0.05) is 19.3 Å². The number of nitrogens with zero attached hydrogens (tertiary/aromatic N) is 2. The molecule has 7 heteroatoms. The molecule has 4 nitrogen and oxygen atoms in total. The summed E-state index contributed by atoms with van der Waals surface area (Å²) in [4.78, 5) is 0. The summed E-state index contributed by atoms with van der Waals surface area (Å²) in [5, 5.41) is 16.7. The van der Waals surface area contributed by atoms with Crippen molar-refractivity contribution < 1.29 is 18.3 Å². The lowest BCUT2D eigenvalue weighted by Crippen LogP contribution is -2.27. The molecule has 2 aromatic rings. The summed E-state index contributed by atoms with van der Waals surface area (Å²) in [5.74, 6) is 0.314. The normalized spacial score (nSPS) is 21.3. The molecule has 0 amide bonds. The van der Waals surface area contributed by atoms with Crippen LogP contribution in [0.15, 0.2) is 36.5 Å². The fraction of sp³-hybridized carbons (Fsp3) is 0.471. The van der Waals surface area contributed by atoms with Gasteiger partial charge in [-0.05, 0) is 42.5 Å². The molecule has 3 rings (SSSR count). The van der Waals surface area contributed by atoms with Gasteiger partial charge in [-0.3, -0.25) is 0 Å². The Bertz CT molecular complexity index is 666. The molecule has 1 aromatic heterocycles. The average molecular weight is 339 g/mol. The van der Waals surface area contributed by atoms with Gasteiger partial charge in [-0.15, -0.1) is 0 Å². The number of hydrogen-bond donors (Lipinski definition) is 2. The average Bonchev–Trinajstić information content (AvgIpc) is 3.17. The molecule has 0 saturated heterocycles. The lowest BCUT2D eigenvalue weighted by molar-refractivity contribution is -0.141. The highest BCUT2D eigenvalue weighted by Crippen LogP contribution is 2.28. The van der Waals surface area contributed by atoms with E-state index in [0.717, 1.165) is 37.4 Å². The quantitative estimate of drug-likeness (QED) is 0.880. The van der Waals surface area contributed by atoms with Gasteiger partial charge in [-0.2, -0.15) is 18.3 Å². The molecule has 1 aliphatic rings. The molecule has 0 radical (unpaired) electrons. The highest BCUT2D eigenvalue weighted by Gasteiger charge is 2.33. The van der Waals surface area contributed by atoms with Crippen LogP contribution in [0.5, 0.6) is 0 Å². The first kappa shape index (κ1) is 17.0. The van der Waals surface area contributed by atoms with Crippen molar-refractivity contribution in [3.05, 3.63) is 47.8 Å². The second-order valence-electron chi connectivity index (χ2n) is 6.20. The van der Waals surface area contributed by atoms with Gasteiger partial charge in [0.15, 0.2) is 5.69 Å². The summed E-state index contributed by atoms with van der Waals surface area (Å²) in [7, 11) is 0. The maximum absolute atomic E-state index is 12.6. The molecule has 0 bridgehead atoms. The molecule has 1 aliphatic carbocycles. The molecule has 130 valence electrons. The van der Waals surface area contributed by atoms with Crippen LogP contribution in [-0.2, 0) is 12.7 Å². The largest absolute Gasteiger partial charge is 0.435 e. The number of hydrogen-bond acceptors (Lipinski definition) is 3. The Hall–Kier alpha value is -1.86. The minimum Gasteiger partial charge on any atom is -0.393 e. The lowest BCUT2D eigenvalue weighted by atomic mass is 10.1. The van der Waals surface area contributed by atoms with Crippen LogP contribution in [0.1, 0.15) is 30.5 Å². The number of halogens is 3. The molecule has 24 heavy (non-hydrogen) atoms. The summed E-state index contributed by atoms with van der Waals surface area (Å²) in [6.45, 7) is 1.44. The van der Waals surface area contributed by atoms with Crippen LogP contribution in [0.4, 0.5) is 13.2 Å². The first-order valence-electron chi connectivity index (χ1n) is 8.04. The van der Waals surface area contributed by atoms with Gasteiger partial charge in [0.05, 0.1) is 11.8 Å². The van der Waals surface area contributed by atoms with Crippen LogP contribution < -0.4 is 5.32 Å². The SMILES string of the molecule is OC1CCCC1CNCc1ccc(-n2ccc(C(F)(F)F)n2)cc1. The van der Waals surface area contributed by atoms with Gasteiger partial charge in [-0.25, -0.2) is 4.68 Å². The van der Waals surface area contributed by atoms with E-state index in [0.29, 0.717) is 18.2 Å². The van der Waals surface area contributed by atoms with Gasteiger partial charge < -0.3 is 10.4 Å². The Morgan fingerprint density at radius 2 is 1.92 bits per heavy atom. The van der Waals surface area contributed by atoms with Crippen molar-refractivity contribution in [3.63, 3.8) is 0 Å². The highest BCUT2D eigenvalue weighted by molar-refractivity contribution is 5.34. The second kappa shape index (κ2) is 6.94. The molecule has 1 fully saturated rings. The van der Waals surface area contributed by atoms with Crippen LogP contribution in [0.3, 0.4) is 0 Å². The Kier molecular flexibility index (Phi) is 4.91. The summed E-state index contributed by atoms with van der Waals surface area (Å²) in [6.07, 6.45) is -0.329. The number of benzene rings is 1. The van der Waals surface area contributed by atoms with Gasteiger partial charge in [0.2, 0.25) is 0 Å². The topological polar surface area (TPSA) is 50.1 Å². The monoisotopic (exact) mass is 339 g/mol. The van der Waals surface area contributed by atoms with Crippen molar-refractivity contribution in [2.75, 3.05) is 6.54 Å². The van der Waals surface area contributed by atoms with Gasteiger partial charge in [0.25, 0.3) is 0 Å². The number of aliphatic hydroxyl groups excluding tert-OH is 1. The van der Waals surface area contributed by atoms with Gasteiger partial charge in [-0.1, -0.05) is 18.6 Å². The Balaban J connectivity index is 1.56. The van der Waals surface area contributed by atoms with Gasteiger partial charge in [0.1, 0.15) is 0 Å². The van der Waals surface area contributed by atoms with E-state index in [2.05, 4.69) is 10.4 Å². The zero-order chi connectivity index (χ0) is 17.2. The van der Waals surface area contributed by atoms with Crippen molar-refractivity contribution in [2.24, 2.45) is 5.92 Å². The minimum absolute atomic E-state index is 0.206. The van der Waals surface area contributed by atoms with Crippen LogP contribution >= 0.6 is 0 Å². The van der Waals surface area contributed by atoms with E-state index in [9.17, 15) is 18.3 Å². The molecular formula is C17H20F3N3O. The van der Waals surface area contributed by atoms with Crippen molar-refractivity contribution >= 4 is 0 Å².